The largest absolute Gasteiger partial charge is 0.481 e. The molecule has 114 valence electrons. The Kier molecular flexibility index (Phi) is 5.14. The van der Waals surface area contributed by atoms with Crippen LogP contribution in [-0.4, -0.2) is 17.9 Å². The zero-order chi connectivity index (χ0) is 15.9. The van der Waals surface area contributed by atoms with Crippen LogP contribution in [0.4, 0.5) is 0 Å². The first kappa shape index (κ1) is 15.6. The van der Waals surface area contributed by atoms with E-state index < -0.39 is 12.0 Å². The molecule has 1 unspecified atom stereocenters. The molecule has 0 spiro atoms. The topological polar surface area (TPSA) is 67.4 Å². The summed E-state index contributed by atoms with van der Waals surface area (Å²) in [4.78, 5) is 23.8. The van der Waals surface area contributed by atoms with Crippen LogP contribution in [0.1, 0.15) is 22.8 Å². The van der Waals surface area contributed by atoms with Gasteiger partial charge < -0.3 is 4.74 Å². The fraction of sp³-hybridized carbons (Fsp3) is 0.176. The number of carbonyl (C=O) groups is 2. The highest BCUT2D eigenvalue weighted by Crippen LogP contribution is 2.10. The number of hydrogen-bond donors (Lipinski definition) is 2. The van der Waals surface area contributed by atoms with E-state index in [0.717, 1.165) is 5.56 Å². The van der Waals surface area contributed by atoms with Gasteiger partial charge in [-0.05, 0) is 38.1 Å². The summed E-state index contributed by atoms with van der Waals surface area (Å²) in [5.74, 6) is -0.205. The lowest BCUT2D eigenvalue weighted by Gasteiger charge is -2.15. The number of para-hydroxylation sites is 1. The van der Waals surface area contributed by atoms with Crippen molar-refractivity contribution in [1.82, 2.24) is 10.9 Å². The number of nitrogens with one attached hydrogen (secondary N) is 2. The van der Waals surface area contributed by atoms with Gasteiger partial charge in [-0.25, -0.2) is 0 Å². The number of carbonyl (C=O) groups excluding carboxylic acids is 2. The van der Waals surface area contributed by atoms with Crippen LogP contribution in [0.3, 0.4) is 0 Å². The van der Waals surface area contributed by atoms with Gasteiger partial charge in [-0.3, -0.25) is 20.4 Å². The smallest absolute Gasteiger partial charge is 0.279 e. The minimum absolute atomic E-state index is 0.371. The Balaban J connectivity index is 1.85. The number of rotatable bonds is 4. The first-order chi connectivity index (χ1) is 10.6. The Morgan fingerprint density at radius 2 is 1.73 bits per heavy atom. The summed E-state index contributed by atoms with van der Waals surface area (Å²) in [6, 6.07) is 16.1. The van der Waals surface area contributed by atoms with Crippen molar-refractivity contribution in [3.8, 4) is 5.75 Å². The van der Waals surface area contributed by atoms with Crippen molar-refractivity contribution in [3.05, 3.63) is 65.7 Å². The molecule has 2 aromatic rings. The molecule has 0 aliphatic carbocycles. The highest BCUT2D eigenvalue weighted by Gasteiger charge is 2.15. The predicted molar refractivity (Wildman–Crippen MR) is 83.3 cm³/mol. The number of aryl methyl sites for hydroxylation is 1. The van der Waals surface area contributed by atoms with Crippen molar-refractivity contribution in [1.29, 1.82) is 0 Å². The number of hydrazine groups is 1. The normalized spacial score (nSPS) is 11.4. The molecule has 0 heterocycles. The first-order valence-corrected chi connectivity index (χ1v) is 6.95. The van der Waals surface area contributed by atoms with Crippen LogP contribution >= 0.6 is 0 Å². The van der Waals surface area contributed by atoms with Crippen LogP contribution in [0.15, 0.2) is 54.6 Å². The number of benzene rings is 2. The molecule has 1 atom stereocenters. The molecule has 0 fully saturated rings. The van der Waals surface area contributed by atoms with Crippen LogP contribution < -0.4 is 15.6 Å². The second kappa shape index (κ2) is 7.26. The molecule has 5 nitrogen and oxygen atoms in total. The Hall–Kier alpha value is -2.82. The van der Waals surface area contributed by atoms with Gasteiger partial charge in [0.2, 0.25) is 0 Å². The third-order valence-electron chi connectivity index (χ3n) is 3.00. The lowest BCUT2D eigenvalue weighted by molar-refractivity contribution is -0.128. The summed E-state index contributed by atoms with van der Waals surface area (Å²) in [5, 5.41) is 0. The summed E-state index contributed by atoms with van der Waals surface area (Å²) in [7, 11) is 0. The van der Waals surface area contributed by atoms with Gasteiger partial charge in [-0.2, -0.15) is 0 Å². The van der Waals surface area contributed by atoms with E-state index in [2.05, 4.69) is 10.9 Å². The van der Waals surface area contributed by atoms with E-state index >= 15 is 0 Å². The summed E-state index contributed by atoms with van der Waals surface area (Å²) in [6.45, 7) is 3.51. The third-order valence-corrected chi connectivity index (χ3v) is 3.00. The average molecular weight is 298 g/mol. The SMILES string of the molecule is Cc1cccc(C(=O)NNC(=O)C(C)Oc2ccccc2)c1. The molecule has 5 heteroatoms. The van der Waals surface area contributed by atoms with E-state index in [4.69, 9.17) is 4.74 Å². The van der Waals surface area contributed by atoms with Crippen molar-refractivity contribution in [2.45, 2.75) is 20.0 Å². The second-order valence-electron chi connectivity index (χ2n) is 4.89. The van der Waals surface area contributed by atoms with Gasteiger partial charge in [0.15, 0.2) is 6.10 Å². The first-order valence-electron chi connectivity index (χ1n) is 6.95. The minimum Gasteiger partial charge on any atom is -0.481 e. The number of amides is 2. The van der Waals surface area contributed by atoms with Crippen molar-refractivity contribution in [3.63, 3.8) is 0 Å². The Bertz CT molecular complexity index is 656. The average Bonchev–Trinajstić information content (AvgIpc) is 2.53. The lowest BCUT2D eigenvalue weighted by atomic mass is 10.1. The maximum atomic E-state index is 11.9. The number of hydrogen-bond acceptors (Lipinski definition) is 3. The molecule has 2 rings (SSSR count). The van der Waals surface area contributed by atoms with Gasteiger partial charge in [-0.15, -0.1) is 0 Å². The van der Waals surface area contributed by atoms with Gasteiger partial charge in [0, 0.05) is 5.56 Å². The summed E-state index contributed by atoms with van der Waals surface area (Å²) in [6.07, 6.45) is -0.722. The van der Waals surface area contributed by atoms with Crippen molar-refractivity contribution < 1.29 is 14.3 Å². The van der Waals surface area contributed by atoms with E-state index in [1.807, 2.05) is 31.2 Å². The van der Waals surface area contributed by atoms with Crippen molar-refractivity contribution >= 4 is 11.8 Å². The van der Waals surface area contributed by atoms with Gasteiger partial charge >= 0.3 is 0 Å². The molecule has 22 heavy (non-hydrogen) atoms. The zero-order valence-corrected chi connectivity index (χ0v) is 12.5. The maximum absolute atomic E-state index is 11.9. The van der Waals surface area contributed by atoms with Crippen molar-refractivity contribution in [2.75, 3.05) is 0 Å². The zero-order valence-electron chi connectivity index (χ0n) is 12.5. The van der Waals surface area contributed by atoms with E-state index in [0.29, 0.717) is 11.3 Å². The lowest BCUT2D eigenvalue weighted by Crippen LogP contribution is -2.47. The Morgan fingerprint density at radius 3 is 2.41 bits per heavy atom. The Morgan fingerprint density at radius 1 is 1.00 bits per heavy atom. The summed E-state index contributed by atoms with van der Waals surface area (Å²) >= 11 is 0. The summed E-state index contributed by atoms with van der Waals surface area (Å²) in [5.41, 5.74) is 6.19. The van der Waals surface area contributed by atoms with Gasteiger partial charge in [0.1, 0.15) is 5.75 Å². The fourth-order valence-corrected chi connectivity index (χ4v) is 1.84. The van der Waals surface area contributed by atoms with Crippen molar-refractivity contribution in [2.24, 2.45) is 0 Å². The molecule has 2 aromatic carbocycles. The van der Waals surface area contributed by atoms with Crippen LogP contribution in [0.2, 0.25) is 0 Å². The van der Waals surface area contributed by atoms with Crippen LogP contribution in [-0.2, 0) is 4.79 Å². The molecule has 0 aliphatic heterocycles. The van der Waals surface area contributed by atoms with Crippen LogP contribution in [0, 0.1) is 6.92 Å². The van der Waals surface area contributed by atoms with Gasteiger partial charge in [0.25, 0.3) is 11.8 Å². The molecule has 2 N–H and O–H groups in total. The molecular formula is C17H18N2O3. The third kappa shape index (κ3) is 4.34. The maximum Gasteiger partial charge on any atom is 0.279 e. The summed E-state index contributed by atoms with van der Waals surface area (Å²) < 4.78 is 5.47. The molecular weight excluding hydrogens is 280 g/mol. The van der Waals surface area contributed by atoms with E-state index in [1.54, 1.807) is 37.3 Å². The minimum atomic E-state index is -0.722. The molecule has 0 aromatic heterocycles. The standard InChI is InChI=1S/C17H18N2O3/c1-12-7-6-8-14(11-12)17(21)19-18-16(20)13(2)22-15-9-4-3-5-10-15/h3-11,13H,1-2H3,(H,18,20)(H,19,21). The monoisotopic (exact) mass is 298 g/mol. The second-order valence-corrected chi connectivity index (χ2v) is 4.89. The fourth-order valence-electron chi connectivity index (χ4n) is 1.84. The Labute approximate surface area is 129 Å². The van der Waals surface area contributed by atoms with Gasteiger partial charge in [0.05, 0.1) is 0 Å². The number of ether oxygens (including phenoxy) is 1. The van der Waals surface area contributed by atoms with Gasteiger partial charge in [-0.1, -0.05) is 35.9 Å². The molecule has 0 radical (unpaired) electrons. The predicted octanol–water partition coefficient (Wildman–Crippen LogP) is 2.22. The van der Waals surface area contributed by atoms with E-state index in [-0.39, 0.29) is 5.91 Å². The molecule has 0 saturated carbocycles. The highest BCUT2D eigenvalue weighted by molar-refractivity contribution is 5.95. The molecule has 2 amide bonds. The van der Waals surface area contributed by atoms with E-state index in [9.17, 15) is 9.59 Å². The molecule has 0 bridgehead atoms. The molecule has 0 saturated heterocycles. The highest BCUT2D eigenvalue weighted by atomic mass is 16.5. The molecule has 0 aliphatic rings. The van der Waals surface area contributed by atoms with Crippen LogP contribution in [0.25, 0.3) is 0 Å². The van der Waals surface area contributed by atoms with Crippen LogP contribution in [0.5, 0.6) is 5.75 Å². The quantitative estimate of drug-likeness (QED) is 0.851. The van der Waals surface area contributed by atoms with E-state index in [1.165, 1.54) is 0 Å².